The molecule has 1 aliphatic carbocycles. The minimum atomic E-state index is 0.112. The van der Waals surface area contributed by atoms with Gasteiger partial charge in [-0.2, -0.15) is 0 Å². The molecule has 0 amide bonds. The number of allylic oxidation sites excluding steroid dienone is 4. The van der Waals surface area contributed by atoms with Crippen LogP contribution in [0.25, 0.3) is 0 Å². The predicted octanol–water partition coefficient (Wildman–Crippen LogP) is 1.84. The van der Waals surface area contributed by atoms with Crippen LogP contribution in [0.1, 0.15) is 6.42 Å². The maximum Gasteiger partial charge on any atom is 0.165 e. The zero-order valence-electron chi connectivity index (χ0n) is 7.72. The van der Waals surface area contributed by atoms with E-state index in [2.05, 4.69) is 0 Å². The van der Waals surface area contributed by atoms with Crippen LogP contribution in [0.5, 0.6) is 0 Å². The van der Waals surface area contributed by atoms with Crippen LogP contribution >= 0.6 is 0 Å². The van der Waals surface area contributed by atoms with Crippen LogP contribution in [0.15, 0.2) is 48.3 Å². The van der Waals surface area contributed by atoms with E-state index in [9.17, 15) is 5.11 Å². The van der Waals surface area contributed by atoms with Gasteiger partial charge in [-0.3, -0.25) is 0 Å². The third-order valence-corrected chi connectivity index (χ3v) is 2.28. The van der Waals surface area contributed by atoms with Gasteiger partial charge in [-0.1, -0.05) is 18.2 Å². The smallest absolute Gasteiger partial charge is 0.165 e. The molecule has 14 heavy (non-hydrogen) atoms. The van der Waals surface area contributed by atoms with Crippen LogP contribution in [-0.2, 0) is 9.47 Å². The summed E-state index contributed by atoms with van der Waals surface area (Å²) in [5, 5.41) is 9.18. The molecule has 0 radical (unpaired) electrons. The van der Waals surface area contributed by atoms with Crippen LogP contribution in [0.3, 0.4) is 0 Å². The SMILES string of the molecule is OCC1CC=CC=C1C1=COC=CO1. The van der Waals surface area contributed by atoms with E-state index in [0.717, 1.165) is 12.0 Å². The summed E-state index contributed by atoms with van der Waals surface area (Å²) in [6, 6.07) is 0. The molecule has 0 aromatic carbocycles. The first-order valence-electron chi connectivity index (χ1n) is 4.57. The maximum absolute atomic E-state index is 9.18. The molecule has 0 fully saturated rings. The fourth-order valence-electron chi connectivity index (χ4n) is 1.53. The van der Waals surface area contributed by atoms with E-state index in [0.29, 0.717) is 5.76 Å². The Bertz CT molecular complexity index is 323. The molecule has 2 aliphatic rings. The number of hydrogen-bond acceptors (Lipinski definition) is 3. The van der Waals surface area contributed by atoms with Gasteiger partial charge in [-0.25, -0.2) is 0 Å². The largest absolute Gasteiger partial charge is 0.466 e. The summed E-state index contributed by atoms with van der Waals surface area (Å²) in [5.41, 5.74) is 0.986. The van der Waals surface area contributed by atoms with Crippen molar-refractivity contribution in [2.75, 3.05) is 6.61 Å². The van der Waals surface area contributed by atoms with Gasteiger partial charge in [0.15, 0.2) is 5.76 Å². The van der Waals surface area contributed by atoms with Gasteiger partial charge in [0, 0.05) is 11.5 Å². The van der Waals surface area contributed by atoms with Gasteiger partial charge in [-0.05, 0) is 6.42 Å². The Morgan fingerprint density at radius 1 is 1.43 bits per heavy atom. The lowest BCUT2D eigenvalue weighted by molar-refractivity contribution is 0.223. The molecule has 2 rings (SSSR count). The highest BCUT2D eigenvalue weighted by Crippen LogP contribution is 2.28. The Labute approximate surface area is 82.6 Å². The van der Waals surface area contributed by atoms with Crippen molar-refractivity contribution in [3.8, 4) is 0 Å². The summed E-state index contributed by atoms with van der Waals surface area (Å²) in [5.74, 6) is 0.789. The first-order chi connectivity index (χ1) is 6.92. The fourth-order valence-corrected chi connectivity index (χ4v) is 1.53. The third kappa shape index (κ3) is 1.72. The molecule has 1 atom stereocenters. The normalized spacial score (nSPS) is 24.8. The van der Waals surface area contributed by atoms with Crippen LogP contribution < -0.4 is 0 Å². The molecule has 3 nitrogen and oxygen atoms in total. The summed E-state index contributed by atoms with van der Waals surface area (Å²) < 4.78 is 10.3. The first-order valence-corrected chi connectivity index (χ1v) is 4.57. The maximum atomic E-state index is 9.18. The number of hydrogen-bond donors (Lipinski definition) is 1. The van der Waals surface area contributed by atoms with Crippen LogP contribution in [0.2, 0.25) is 0 Å². The van der Waals surface area contributed by atoms with Crippen LogP contribution in [-0.4, -0.2) is 11.7 Å². The van der Waals surface area contributed by atoms with E-state index >= 15 is 0 Å². The molecule has 1 aliphatic heterocycles. The highest BCUT2D eigenvalue weighted by molar-refractivity contribution is 5.35. The second-order valence-corrected chi connectivity index (χ2v) is 3.17. The van der Waals surface area contributed by atoms with Gasteiger partial charge in [0.1, 0.15) is 18.8 Å². The average Bonchev–Trinajstić information content (AvgIpc) is 2.30. The third-order valence-electron chi connectivity index (χ3n) is 2.28. The molecule has 0 spiro atoms. The minimum Gasteiger partial charge on any atom is -0.466 e. The fraction of sp³-hybridized carbons (Fsp3) is 0.273. The van der Waals surface area contributed by atoms with E-state index < -0.39 is 0 Å². The molecule has 0 saturated heterocycles. The molecule has 0 bridgehead atoms. The zero-order valence-corrected chi connectivity index (χ0v) is 7.72. The van der Waals surface area contributed by atoms with Crippen LogP contribution in [0, 0.1) is 5.92 Å². The highest BCUT2D eigenvalue weighted by atomic mass is 16.5. The van der Waals surface area contributed by atoms with Gasteiger partial charge in [-0.15, -0.1) is 0 Å². The average molecular weight is 192 g/mol. The molecular formula is C11H12O3. The molecule has 1 heterocycles. The predicted molar refractivity (Wildman–Crippen MR) is 51.8 cm³/mol. The summed E-state index contributed by atoms with van der Waals surface area (Å²) in [6.45, 7) is 0.126. The van der Waals surface area contributed by atoms with Crippen molar-refractivity contribution in [3.63, 3.8) is 0 Å². The van der Waals surface area contributed by atoms with Crippen molar-refractivity contribution in [1.29, 1.82) is 0 Å². The summed E-state index contributed by atoms with van der Waals surface area (Å²) >= 11 is 0. The lowest BCUT2D eigenvalue weighted by Crippen LogP contribution is -2.13. The van der Waals surface area contributed by atoms with E-state index in [-0.39, 0.29) is 12.5 Å². The molecule has 0 aromatic heterocycles. The lowest BCUT2D eigenvalue weighted by atomic mass is 9.91. The topological polar surface area (TPSA) is 38.7 Å². The standard InChI is InChI=1S/C11H12O3/c12-7-9-3-1-2-4-10(9)11-8-13-5-6-14-11/h1-2,4-6,8-9,12H,3,7H2. The van der Waals surface area contributed by atoms with Crippen molar-refractivity contribution in [1.82, 2.24) is 0 Å². The van der Waals surface area contributed by atoms with Crippen molar-refractivity contribution < 1.29 is 14.6 Å². The van der Waals surface area contributed by atoms with Crippen molar-refractivity contribution >= 4 is 0 Å². The van der Waals surface area contributed by atoms with Gasteiger partial charge in [0.2, 0.25) is 0 Å². The quantitative estimate of drug-likeness (QED) is 0.725. The van der Waals surface area contributed by atoms with E-state index in [1.807, 2.05) is 18.2 Å². The number of rotatable bonds is 2. The summed E-state index contributed by atoms with van der Waals surface area (Å²) in [7, 11) is 0. The van der Waals surface area contributed by atoms with Crippen LogP contribution in [0.4, 0.5) is 0 Å². The molecule has 1 N–H and O–H groups in total. The van der Waals surface area contributed by atoms with Crippen molar-refractivity contribution in [3.05, 3.63) is 48.3 Å². The zero-order chi connectivity index (χ0) is 9.80. The molecule has 1 unspecified atom stereocenters. The Balaban J connectivity index is 2.18. The molecule has 0 saturated carbocycles. The van der Waals surface area contributed by atoms with E-state index in [1.54, 1.807) is 6.26 Å². The second kappa shape index (κ2) is 4.15. The first kappa shape index (κ1) is 9.09. The lowest BCUT2D eigenvalue weighted by Gasteiger charge is -2.21. The van der Waals surface area contributed by atoms with Gasteiger partial charge in [0.05, 0.1) is 6.61 Å². The van der Waals surface area contributed by atoms with E-state index in [1.165, 1.54) is 12.5 Å². The van der Waals surface area contributed by atoms with Crippen molar-refractivity contribution in [2.24, 2.45) is 5.92 Å². The molecular weight excluding hydrogens is 180 g/mol. The molecule has 74 valence electrons. The molecule has 3 heteroatoms. The number of ether oxygens (including phenoxy) is 2. The van der Waals surface area contributed by atoms with Gasteiger partial charge in [0.25, 0.3) is 0 Å². The minimum absolute atomic E-state index is 0.112. The van der Waals surface area contributed by atoms with Gasteiger partial charge < -0.3 is 14.6 Å². The Morgan fingerprint density at radius 2 is 2.36 bits per heavy atom. The highest BCUT2D eigenvalue weighted by Gasteiger charge is 2.20. The Kier molecular flexibility index (Phi) is 2.70. The van der Waals surface area contributed by atoms with E-state index in [4.69, 9.17) is 9.47 Å². The molecule has 0 aromatic rings. The number of aliphatic hydroxyl groups excluding tert-OH is 1. The Morgan fingerprint density at radius 3 is 3.07 bits per heavy atom. The Hall–Kier alpha value is -1.48. The second-order valence-electron chi connectivity index (χ2n) is 3.17. The van der Waals surface area contributed by atoms with Gasteiger partial charge >= 0.3 is 0 Å². The van der Waals surface area contributed by atoms with Crippen molar-refractivity contribution in [2.45, 2.75) is 6.42 Å². The summed E-state index contributed by atoms with van der Waals surface area (Å²) in [6.07, 6.45) is 11.3. The number of aliphatic hydroxyl groups is 1. The summed E-state index contributed by atoms with van der Waals surface area (Å²) in [4.78, 5) is 0. The monoisotopic (exact) mass is 192 g/mol.